The number of fused-ring (bicyclic) bond motifs is 1. The summed E-state index contributed by atoms with van der Waals surface area (Å²) in [5.74, 6) is -13.6. The Labute approximate surface area is 311 Å². The van der Waals surface area contributed by atoms with Crippen LogP contribution in [0.1, 0.15) is 69.9 Å². The summed E-state index contributed by atoms with van der Waals surface area (Å²) in [4.78, 5) is 102. The quantitative estimate of drug-likeness (QED) is 0.156. The number of carboxylic acid groups (broad SMARTS) is 1. The number of ketones is 1. The van der Waals surface area contributed by atoms with Crippen molar-refractivity contribution in [1.82, 2.24) is 36.1 Å². The van der Waals surface area contributed by atoms with Gasteiger partial charge in [0, 0.05) is 37.7 Å². The molecule has 5 amide bonds. The van der Waals surface area contributed by atoms with Crippen LogP contribution in [0.3, 0.4) is 0 Å². The van der Waals surface area contributed by atoms with Crippen LogP contribution in [0.25, 0.3) is 0 Å². The van der Waals surface area contributed by atoms with Crippen LogP contribution < -0.4 is 21.3 Å². The van der Waals surface area contributed by atoms with E-state index in [-0.39, 0.29) is 25.0 Å². The fourth-order valence-electron chi connectivity index (χ4n) is 6.97. The number of halogens is 2. The number of aliphatic carboxylic acids is 1. The molecule has 1 saturated carbocycles. The van der Waals surface area contributed by atoms with Gasteiger partial charge in [0.15, 0.2) is 0 Å². The molecule has 292 valence electrons. The molecule has 1 aliphatic heterocycles. The van der Waals surface area contributed by atoms with Crippen molar-refractivity contribution < 1.29 is 47.4 Å². The van der Waals surface area contributed by atoms with Gasteiger partial charge in [-0.2, -0.15) is 0 Å². The minimum Gasteiger partial charge on any atom is -0.480 e. The Morgan fingerprint density at radius 1 is 0.907 bits per heavy atom. The number of hydrogen-bond donors (Lipinski definition) is 5. The monoisotopic (exact) mass is 755 g/mol. The molecule has 1 saturated heterocycles. The number of likely N-dealkylation sites (tertiary alicyclic amines) is 1. The first-order valence-electron chi connectivity index (χ1n) is 17.9. The van der Waals surface area contributed by atoms with Gasteiger partial charge in [-0.05, 0) is 36.2 Å². The van der Waals surface area contributed by atoms with Crippen molar-refractivity contribution in [3.05, 3.63) is 60.2 Å². The average molecular weight is 756 g/mol. The molecule has 7 atom stereocenters. The van der Waals surface area contributed by atoms with Gasteiger partial charge in [-0.25, -0.2) is 18.6 Å². The number of benzene rings is 1. The molecule has 15 nitrogen and oxygen atoms in total. The Balaban J connectivity index is 1.53. The van der Waals surface area contributed by atoms with Gasteiger partial charge in [0.25, 0.3) is 17.7 Å². The molecule has 1 aromatic carbocycles. The Bertz CT molecular complexity index is 1710. The number of aromatic nitrogens is 2. The highest BCUT2D eigenvalue weighted by molar-refractivity contribution is 6.38. The third kappa shape index (κ3) is 9.60. The molecule has 5 N–H and O–H groups in total. The molecular weight excluding hydrogens is 708 g/mol. The SMILES string of the molecule is CCC(NC(=O)[C@@H]1[C@H]2CCC(F)(F)[C@H]2CN1C(=O)[C@@H](NC(=O)[C@@H](NC(=O)c1cnccn1)C(C)C)C(C)C)C(=O)C(=O)N[C@@H](Cc1ccccc1)C(=O)O. The van der Waals surface area contributed by atoms with Crippen molar-refractivity contribution >= 4 is 41.3 Å². The molecule has 1 aliphatic carbocycles. The van der Waals surface area contributed by atoms with Gasteiger partial charge in [0.05, 0.1) is 12.2 Å². The number of alkyl halides is 2. The van der Waals surface area contributed by atoms with Crippen LogP contribution in [0.15, 0.2) is 48.9 Å². The van der Waals surface area contributed by atoms with E-state index < -0.39 is 114 Å². The van der Waals surface area contributed by atoms with Crippen LogP contribution >= 0.6 is 0 Å². The smallest absolute Gasteiger partial charge is 0.326 e. The van der Waals surface area contributed by atoms with Crippen LogP contribution in [0.4, 0.5) is 8.78 Å². The van der Waals surface area contributed by atoms with Crippen molar-refractivity contribution in [3.63, 3.8) is 0 Å². The first-order valence-corrected chi connectivity index (χ1v) is 17.9. The summed E-state index contributed by atoms with van der Waals surface area (Å²) in [6, 6.07) is 1.59. The van der Waals surface area contributed by atoms with E-state index in [0.717, 1.165) is 4.90 Å². The first-order chi connectivity index (χ1) is 25.5. The second-order valence-corrected chi connectivity index (χ2v) is 14.4. The standard InChI is InChI=1S/C37H47F2N7O8/c1-6-24(30(47)34(51)43-25(36(53)54)16-21-10-8-7-9-11-21)42-33(50)29-22-12-13-37(38,39)23(22)18-46(29)35(52)28(20(4)5)45-32(49)27(19(2)3)44-31(48)26-17-40-14-15-41-26/h7-11,14-15,17,19-20,22-25,27-29H,6,12-13,16,18H2,1-5H3,(H,42,50)(H,43,51)(H,44,48)(H,45,49)(H,53,54)/t22-,23-,24?,25-,27-,28-,29-/m0/s1. The predicted octanol–water partition coefficient (Wildman–Crippen LogP) is 1.52. The molecule has 2 aromatic rings. The van der Waals surface area contributed by atoms with Crippen LogP contribution in [-0.2, 0) is 35.2 Å². The number of nitrogens with one attached hydrogen (secondary N) is 4. The fourth-order valence-corrected chi connectivity index (χ4v) is 6.97. The number of Topliss-reactive ketones (excluding diaryl/α,β-unsaturated/α-hetero) is 1. The van der Waals surface area contributed by atoms with Gasteiger partial charge in [-0.15, -0.1) is 0 Å². The van der Waals surface area contributed by atoms with E-state index in [0.29, 0.717) is 5.56 Å². The number of rotatable bonds is 16. The number of carbonyl (C=O) groups excluding carboxylic acids is 6. The third-order valence-corrected chi connectivity index (χ3v) is 9.97. The minimum atomic E-state index is -3.20. The largest absolute Gasteiger partial charge is 0.480 e. The molecular formula is C37H47F2N7O8. The Morgan fingerprint density at radius 3 is 2.15 bits per heavy atom. The molecule has 17 heteroatoms. The first kappa shape index (κ1) is 41.4. The van der Waals surface area contributed by atoms with E-state index in [1.54, 1.807) is 58.0 Å². The Morgan fingerprint density at radius 2 is 1.57 bits per heavy atom. The van der Waals surface area contributed by atoms with E-state index in [1.165, 1.54) is 25.5 Å². The van der Waals surface area contributed by atoms with Crippen molar-refractivity contribution in [2.24, 2.45) is 23.7 Å². The summed E-state index contributed by atoms with van der Waals surface area (Å²) in [6.07, 6.45) is 3.06. The molecule has 0 radical (unpaired) electrons. The number of carboxylic acids is 1. The number of amides is 5. The predicted molar refractivity (Wildman–Crippen MR) is 188 cm³/mol. The fraction of sp³-hybridized carbons (Fsp3) is 0.541. The highest BCUT2D eigenvalue weighted by atomic mass is 19.3. The van der Waals surface area contributed by atoms with Crippen molar-refractivity contribution in [2.75, 3.05) is 6.54 Å². The molecule has 2 aliphatic rings. The molecule has 1 unspecified atom stereocenters. The summed E-state index contributed by atoms with van der Waals surface area (Å²) < 4.78 is 30.3. The molecule has 2 heterocycles. The Hall–Kier alpha value is -5.35. The highest BCUT2D eigenvalue weighted by Crippen LogP contribution is 2.51. The van der Waals surface area contributed by atoms with Crippen molar-refractivity contribution in [2.45, 2.75) is 96.4 Å². The van der Waals surface area contributed by atoms with Gasteiger partial charge in [0.2, 0.25) is 23.5 Å². The van der Waals surface area contributed by atoms with Crippen molar-refractivity contribution in [3.8, 4) is 0 Å². The summed E-state index contributed by atoms with van der Waals surface area (Å²) in [5.41, 5.74) is 0.551. The maximum Gasteiger partial charge on any atom is 0.326 e. The van der Waals surface area contributed by atoms with Crippen LogP contribution in [0, 0.1) is 23.7 Å². The van der Waals surface area contributed by atoms with Gasteiger partial charge in [-0.1, -0.05) is 65.0 Å². The Kier molecular flexibility index (Phi) is 13.5. The molecule has 4 rings (SSSR count). The molecule has 0 spiro atoms. The van der Waals surface area contributed by atoms with E-state index in [9.17, 15) is 38.7 Å². The number of nitrogens with zero attached hydrogens (tertiary/aromatic N) is 3. The van der Waals surface area contributed by atoms with Crippen molar-refractivity contribution in [1.29, 1.82) is 0 Å². The van der Waals surface area contributed by atoms with Gasteiger partial charge in [-0.3, -0.25) is 33.8 Å². The summed E-state index contributed by atoms with van der Waals surface area (Å²) in [5, 5.41) is 19.6. The zero-order chi connectivity index (χ0) is 39.9. The van der Waals surface area contributed by atoms with E-state index >= 15 is 8.78 Å². The zero-order valence-corrected chi connectivity index (χ0v) is 30.8. The van der Waals surface area contributed by atoms with E-state index in [1.807, 2.05) is 0 Å². The van der Waals surface area contributed by atoms with Gasteiger partial charge >= 0.3 is 5.97 Å². The number of hydrogen-bond acceptors (Lipinski definition) is 9. The minimum absolute atomic E-state index is 0.0407. The van der Waals surface area contributed by atoms with Crippen LogP contribution in [0.2, 0.25) is 0 Å². The topological polar surface area (TPSA) is 217 Å². The molecule has 2 fully saturated rings. The van der Waals surface area contributed by atoms with Crippen LogP contribution in [-0.4, -0.2) is 104 Å². The lowest BCUT2D eigenvalue weighted by atomic mass is 9.91. The number of carbonyl (C=O) groups is 7. The third-order valence-electron chi connectivity index (χ3n) is 9.97. The second kappa shape index (κ2) is 17.6. The maximum absolute atomic E-state index is 15.2. The lowest BCUT2D eigenvalue weighted by molar-refractivity contribution is -0.146. The molecule has 0 bridgehead atoms. The zero-order valence-electron chi connectivity index (χ0n) is 30.8. The summed E-state index contributed by atoms with van der Waals surface area (Å²) >= 11 is 0. The average Bonchev–Trinajstić information content (AvgIpc) is 3.67. The maximum atomic E-state index is 15.2. The van der Waals surface area contributed by atoms with E-state index in [2.05, 4.69) is 31.2 Å². The van der Waals surface area contributed by atoms with Gasteiger partial charge in [0.1, 0.15) is 29.9 Å². The molecule has 1 aromatic heterocycles. The summed E-state index contributed by atoms with van der Waals surface area (Å²) in [7, 11) is 0. The summed E-state index contributed by atoms with van der Waals surface area (Å²) in [6.45, 7) is 7.59. The second-order valence-electron chi connectivity index (χ2n) is 14.4. The van der Waals surface area contributed by atoms with Gasteiger partial charge < -0.3 is 31.3 Å². The van der Waals surface area contributed by atoms with E-state index in [4.69, 9.17) is 0 Å². The lowest BCUT2D eigenvalue weighted by Crippen LogP contribution is -2.60. The lowest BCUT2D eigenvalue weighted by Gasteiger charge is -2.34. The highest BCUT2D eigenvalue weighted by Gasteiger charge is 2.61. The normalized spacial score (nSPS) is 21.0. The van der Waals surface area contributed by atoms with Crippen LogP contribution in [0.5, 0.6) is 0 Å². The molecule has 54 heavy (non-hydrogen) atoms.